The van der Waals surface area contributed by atoms with Gasteiger partial charge in [0, 0.05) is 25.7 Å². The van der Waals surface area contributed by atoms with Gasteiger partial charge in [-0.1, -0.05) is 295 Å². The molecule has 0 aliphatic rings. The van der Waals surface area contributed by atoms with Crippen LogP contribution in [0.2, 0.25) is 0 Å². The molecular weight excluding hydrogens is 1280 g/mol. The summed E-state index contributed by atoms with van der Waals surface area (Å²) < 4.78 is 68.6. The van der Waals surface area contributed by atoms with Crippen LogP contribution >= 0.6 is 15.6 Å². The number of phosphoric acid groups is 2. The monoisotopic (exact) mass is 1430 g/mol. The summed E-state index contributed by atoms with van der Waals surface area (Å²) in [6.07, 6.45) is 68.3. The van der Waals surface area contributed by atoms with E-state index in [1.807, 2.05) is 0 Å². The molecular formula is C79H148O17P2. The molecule has 0 heterocycles. The number of allylic oxidation sites excluding steroid dienone is 6. The van der Waals surface area contributed by atoms with E-state index in [2.05, 4.69) is 64.2 Å². The van der Waals surface area contributed by atoms with Crippen molar-refractivity contribution in [3.8, 4) is 0 Å². The summed E-state index contributed by atoms with van der Waals surface area (Å²) in [6.45, 7) is 4.91. The molecule has 0 fully saturated rings. The Balaban J connectivity index is 5.31. The second-order valence-corrected chi connectivity index (χ2v) is 30.3. The number of phosphoric ester groups is 2. The molecule has 0 aliphatic heterocycles. The maximum absolute atomic E-state index is 13.1. The number of carbonyl (C=O) groups is 4. The Morgan fingerprint density at radius 3 is 0.714 bits per heavy atom. The summed E-state index contributed by atoms with van der Waals surface area (Å²) in [7, 11) is -9.93. The molecule has 0 saturated heterocycles. The lowest BCUT2D eigenvalue weighted by Gasteiger charge is -2.21. The molecule has 0 aliphatic carbocycles. The standard InChI is InChI=1S/C79H148O17P2/c1-5-9-13-17-21-25-29-33-36-40-43-47-51-55-59-63-76(81)89-69-74(95-78(83)65-61-57-53-49-45-39-32-28-24-20-16-12-8-4)71-93-97(85,86)91-67-73(80)68-92-98(87,88)94-72-75(96-79(84)66-62-58-54-50-46-42-38-35-31-27-23-19-15-11-7-3)70-90-77(82)64-60-56-52-48-44-41-37-34-30-26-22-18-14-10-6-2/h27-28,31-32,34,37,73-75,80H,5-26,29-30,33,35-36,38-72H2,1-4H3,(H,85,86)(H,87,88)/b31-27-,32-28-,37-34-/t73-,74+,75+/m0/s1. The third-order valence-electron chi connectivity index (χ3n) is 17.6. The van der Waals surface area contributed by atoms with Crippen molar-refractivity contribution in [2.45, 2.75) is 406 Å². The number of carbonyl (C=O) groups excluding carboxylic acids is 4. The van der Waals surface area contributed by atoms with Crippen molar-refractivity contribution in [3.63, 3.8) is 0 Å². The highest BCUT2D eigenvalue weighted by Gasteiger charge is 2.30. The minimum Gasteiger partial charge on any atom is -0.462 e. The van der Waals surface area contributed by atoms with E-state index >= 15 is 0 Å². The van der Waals surface area contributed by atoms with Gasteiger partial charge in [0.2, 0.25) is 0 Å². The van der Waals surface area contributed by atoms with E-state index < -0.39 is 97.5 Å². The van der Waals surface area contributed by atoms with Gasteiger partial charge in [-0.15, -0.1) is 0 Å². The first kappa shape index (κ1) is 95.3. The Labute approximate surface area is 598 Å². The molecule has 0 aromatic carbocycles. The Morgan fingerprint density at radius 1 is 0.276 bits per heavy atom. The lowest BCUT2D eigenvalue weighted by atomic mass is 10.0. The molecule has 0 aromatic heterocycles. The molecule has 2 unspecified atom stereocenters. The van der Waals surface area contributed by atoms with Gasteiger partial charge < -0.3 is 33.8 Å². The molecule has 0 bridgehead atoms. The van der Waals surface area contributed by atoms with Crippen molar-refractivity contribution in [1.29, 1.82) is 0 Å². The summed E-state index contributed by atoms with van der Waals surface area (Å²) in [5.41, 5.74) is 0. The molecule has 98 heavy (non-hydrogen) atoms. The predicted molar refractivity (Wildman–Crippen MR) is 400 cm³/mol. The second kappa shape index (κ2) is 72.6. The first-order chi connectivity index (χ1) is 47.7. The summed E-state index contributed by atoms with van der Waals surface area (Å²) in [5, 5.41) is 10.6. The average Bonchev–Trinajstić information content (AvgIpc) is 0.984. The molecule has 0 radical (unpaired) electrons. The first-order valence-corrected chi connectivity index (χ1v) is 43.2. The minimum absolute atomic E-state index is 0.0923. The third kappa shape index (κ3) is 71.7. The van der Waals surface area contributed by atoms with Gasteiger partial charge in [0.25, 0.3) is 0 Å². The van der Waals surface area contributed by atoms with Crippen molar-refractivity contribution >= 4 is 39.5 Å². The number of esters is 4. The van der Waals surface area contributed by atoms with Crippen molar-refractivity contribution in [1.82, 2.24) is 0 Å². The number of ether oxygens (including phenoxy) is 4. The van der Waals surface area contributed by atoms with E-state index in [-0.39, 0.29) is 25.7 Å². The number of unbranched alkanes of at least 4 members (excludes halogenated alkanes) is 45. The quantitative estimate of drug-likeness (QED) is 0.0169. The summed E-state index contributed by atoms with van der Waals surface area (Å²) in [6, 6.07) is 0. The third-order valence-corrected chi connectivity index (χ3v) is 19.5. The van der Waals surface area contributed by atoms with Crippen molar-refractivity contribution in [2.24, 2.45) is 0 Å². The Morgan fingerprint density at radius 2 is 0.469 bits per heavy atom. The van der Waals surface area contributed by atoms with Crippen molar-refractivity contribution < 1.29 is 80.2 Å². The van der Waals surface area contributed by atoms with Crippen LogP contribution in [0, 0.1) is 0 Å². The van der Waals surface area contributed by atoms with Crippen LogP contribution in [0.15, 0.2) is 36.5 Å². The highest BCUT2D eigenvalue weighted by molar-refractivity contribution is 7.47. The van der Waals surface area contributed by atoms with E-state index in [9.17, 15) is 43.2 Å². The maximum Gasteiger partial charge on any atom is 0.472 e. The SMILES string of the molecule is CCCCCC/C=C\CCCCCCCCCC(=O)O[C@H](COC(=O)CCCCCCC/C=C\CCCCCCCC)COP(=O)(O)OC[C@@H](O)COP(=O)(O)OC[C@@H](COC(=O)CCCCCCCCCCCCCCCCC)OC(=O)CCCCCCC/C=C\CCCCCC. The number of rotatable bonds is 77. The van der Waals surface area contributed by atoms with Gasteiger partial charge in [0.15, 0.2) is 12.2 Å². The van der Waals surface area contributed by atoms with Gasteiger partial charge in [-0.25, -0.2) is 9.13 Å². The molecule has 5 atom stereocenters. The normalized spacial score (nSPS) is 14.1. The summed E-state index contributed by atoms with van der Waals surface area (Å²) >= 11 is 0. The largest absolute Gasteiger partial charge is 0.472 e. The zero-order valence-electron chi connectivity index (χ0n) is 63.0. The van der Waals surface area contributed by atoms with Gasteiger partial charge in [0.05, 0.1) is 26.4 Å². The molecule has 0 rings (SSSR count). The highest BCUT2D eigenvalue weighted by Crippen LogP contribution is 2.45. The maximum atomic E-state index is 13.1. The topological polar surface area (TPSA) is 237 Å². The van der Waals surface area contributed by atoms with Crippen LogP contribution < -0.4 is 0 Å². The number of aliphatic hydroxyl groups is 1. The van der Waals surface area contributed by atoms with Crippen LogP contribution in [-0.4, -0.2) is 96.7 Å². The number of aliphatic hydroxyl groups excluding tert-OH is 1. The summed E-state index contributed by atoms with van der Waals surface area (Å²) in [4.78, 5) is 72.9. The zero-order valence-corrected chi connectivity index (χ0v) is 64.8. The molecule has 0 spiro atoms. The van der Waals surface area contributed by atoms with E-state index in [0.717, 1.165) is 148 Å². The van der Waals surface area contributed by atoms with Crippen LogP contribution in [0.4, 0.5) is 0 Å². The van der Waals surface area contributed by atoms with Gasteiger partial charge in [-0.3, -0.25) is 37.3 Å². The minimum atomic E-state index is -4.97. The lowest BCUT2D eigenvalue weighted by Crippen LogP contribution is -2.30. The Kier molecular flexibility index (Phi) is 70.6. The van der Waals surface area contributed by atoms with Crippen LogP contribution in [-0.2, 0) is 65.4 Å². The number of hydrogen-bond acceptors (Lipinski definition) is 15. The van der Waals surface area contributed by atoms with E-state index in [1.165, 1.54) is 161 Å². The van der Waals surface area contributed by atoms with Crippen LogP contribution in [0.5, 0.6) is 0 Å². The summed E-state index contributed by atoms with van der Waals surface area (Å²) in [5.74, 6) is -2.15. The fourth-order valence-electron chi connectivity index (χ4n) is 11.4. The molecule has 576 valence electrons. The van der Waals surface area contributed by atoms with Crippen LogP contribution in [0.1, 0.15) is 387 Å². The average molecular weight is 1430 g/mol. The van der Waals surface area contributed by atoms with Gasteiger partial charge >= 0.3 is 39.5 Å². The Hall–Kier alpha value is -2.72. The number of hydrogen-bond donors (Lipinski definition) is 3. The van der Waals surface area contributed by atoms with Crippen LogP contribution in [0.25, 0.3) is 0 Å². The van der Waals surface area contributed by atoms with Crippen molar-refractivity contribution in [2.75, 3.05) is 39.6 Å². The molecule has 0 amide bonds. The second-order valence-electron chi connectivity index (χ2n) is 27.4. The van der Waals surface area contributed by atoms with E-state index in [0.29, 0.717) is 25.7 Å². The molecule has 3 N–H and O–H groups in total. The van der Waals surface area contributed by atoms with E-state index in [4.69, 9.17) is 37.0 Å². The van der Waals surface area contributed by atoms with Crippen molar-refractivity contribution in [3.05, 3.63) is 36.5 Å². The fraction of sp³-hybridized carbons (Fsp3) is 0.873. The first-order valence-electron chi connectivity index (χ1n) is 40.2. The van der Waals surface area contributed by atoms with Gasteiger partial charge in [-0.2, -0.15) is 0 Å². The smallest absolute Gasteiger partial charge is 0.462 e. The van der Waals surface area contributed by atoms with E-state index in [1.54, 1.807) is 0 Å². The molecule has 0 saturated carbocycles. The Bertz CT molecular complexity index is 2000. The predicted octanol–water partition coefficient (Wildman–Crippen LogP) is 23.1. The zero-order chi connectivity index (χ0) is 71.8. The fourth-order valence-corrected chi connectivity index (χ4v) is 13.0. The molecule has 19 heteroatoms. The molecule has 0 aromatic rings. The van der Waals surface area contributed by atoms with Gasteiger partial charge in [0.1, 0.15) is 19.3 Å². The lowest BCUT2D eigenvalue weighted by molar-refractivity contribution is -0.161. The van der Waals surface area contributed by atoms with Crippen LogP contribution in [0.3, 0.4) is 0 Å². The highest BCUT2D eigenvalue weighted by atomic mass is 31.2. The molecule has 17 nitrogen and oxygen atoms in total. The van der Waals surface area contributed by atoms with Gasteiger partial charge in [-0.05, 0) is 103 Å².